The lowest BCUT2D eigenvalue weighted by Gasteiger charge is -2.11. The van der Waals surface area contributed by atoms with Crippen molar-refractivity contribution in [3.8, 4) is 0 Å². The molecule has 0 aromatic carbocycles. The minimum absolute atomic E-state index is 0. The Morgan fingerprint density at radius 2 is 1.52 bits per heavy atom. The van der Waals surface area contributed by atoms with Crippen LogP contribution >= 0.6 is 0 Å². The molecule has 154 valence electrons. The summed E-state index contributed by atoms with van der Waals surface area (Å²) in [5.41, 5.74) is 0. The fourth-order valence-corrected chi connectivity index (χ4v) is 1.79. The molecule has 0 aliphatic carbocycles. The number of carbonyl (C=O) groups is 1. The van der Waals surface area contributed by atoms with Gasteiger partial charge in [0.15, 0.2) is 0 Å². The summed E-state index contributed by atoms with van der Waals surface area (Å²) in [4.78, 5) is 11.2. The van der Waals surface area contributed by atoms with Crippen molar-refractivity contribution < 1.29 is 31.0 Å². The van der Waals surface area contributed by atoms with Crippen molar-refractivity contribution >= 4 is 5.91 Å². The Morgan fingerprint density at radius 3 is 2.08 bits per heavy atom. The zero-order valence-electron chi connectivity index (χ0n) is 15.7. The Bertz CT molecular complexity index is 308. The number of likely N-dealkylation sites (N-methyl/N-ethyl adjacent to an activating group) is 1. The zero-order chi connectivity index (χ0) is 18.6. The van der Waals surface area contributed by atoms with Crippen molar-refractivity contribution in [3.63, 3.8) is 0 Å². The van der Waals surface area contributed by atoms with E-state index in [2.05, 4.69) is 17.6 Å². The van der Waals surface area contributed by atoms with Gasteiger partial charge in [0, 0.05) is 15.8 Å². The number of alkyl halides is 1. The van der Waals surface area contributed by atoms with Gasteiger partial charge in [0.1, 0.15) is 6.17 Å². The van der Waals surface area contributed by atoms with E-state index in [1.54, 1.807) is 0 Å². The van der Waals surface area contributed by atoms with E-state index in [1.807, 2.05) is 6.92 Å². The maximum absolute atomic E-state index is 13.4. The largest absolute Gasteiger partial charge is 0.378 e. The molecule has 0 radical (unpaired) electrons. The summed E-state index contributed by atoms with van der Waals surface area (Å²) in [7, 11) is 0. The van der Waals surface area contributed by atoms with Crippen LogP contribution in [-0.4, -0.2) is 84.6 Å². The van der Waals surface area contributed by atoms with Crippen LogP contribution < -0.4 is 10.6 Å². The molecule has 0 bridgehead atoms. The van der Waals surface area contributed by atoms with Crippen LogP contribution in [0, 0.1) is 0 Å². The highest BCUT2D eigenvalue weighted by atomic mass is 19.1. The van der Waals surface area contributed by atoms with Crippen molar-refractivity contribution in [1.82, 2.24) is 10.6 Å². The number of ether oxygens (including phenoxy) is 4. The summed E-state index contributed by atoms with van der Waals surface area (Å²) in [5, 5.41) is 5.70. The fraction of sp³-hybridized carbons (Fsp3) is 0.941. The molecule has 0 aromatic heterocycles. The number of amides is 1. The second kappa shape index (κ2) is 19.5. The van der Waals surface area contributed by atoms with Gasteiger partial charge in [0.25, 0.3) is 0 Å². The Morgan fingerprint density at radius 1 is 0.960 bits per heavy atom. The Labute approximate surface area is 153 Å². The van der Waals surface area contributed by atoms with Gasteiger partial charge in [-0.1, -0.05) is 13.8 Å². The van der Waals surface area contributed by atoms with E-state index in [9.17, 15) is 9.18 Å². The van der Waals surface area contributed by atoms with Crippen LogP contribution in [0.2, 0.25) is 0 Å². The molecule has 0 saturated heterocycles. The van der Waals surface area contributed by atoms with E-state index in [4.69, 9.17) is 18.9 Å². The van der Waals surface area contributed by atoms with Gasteiger partial charge in [0.2, 0.25) is 5.91 Å². The molecule has 0 aromatic rings. The van der Waals surface area contributed by atoms with Gasteiger partial charge < -0.3 is 29.6 Å². The smallest absolute Gasteiger partial charge is 0.220 e. The lowest BCUT2D eigenvalue weighted by atomic mass is 10.3. The van der Waals surface area contributed by atoms with Gasteiger partial charge >= 0.3 is 0 Å². The van der Waals surface area contributed by atoms with Crippen molar-refractivity contribution in [2.45, 2.75) is 32.9 Å². The van der Waals surface area contributed by atoms with Crippen molar-refractivity contribution in [2.75, 3.05) is 72.5 Å². The Hall–Kier alpha value is -0.800. The quantitative estimate of drug-likeness (QED) is 0.335. The third-order valence-electron chi connectivity index (χ3n) is 3.09. The molecule has 8 heteroatoms. The molecule has 1 unspecified atom stereocenters. The normalized spacial score (nSPS) is 12.3. The topological polar surface area (TPSA) is 78.1 Å². The fourth-order valence-electron chi connectivity index (χ4n) is 1.79. The maximum Gasteiger partial charge on any atom is 0.220 e. The molecule has 0 aliphatic rings. The SMILES string of the molecule is CCCC(=O)NCC(F)COCCOCCOCCOCCNCC.[HH].[HH]. The van der Waals surface area contributed by atoms with Crippen LogP contribution in [0.5, 0.6) is 0 Å². The van der Waals surface area contributed by atoms with Crippen LogP contribution in [0.1, 0.15) is 29.5 Å². The van der Waals surface area contributed by atoms with Gasteiger partial charge in [-0.25, -0.2) is 4.39 Å². The molecule has 1 atom stereocenters. The predicted molar refractivity (Wildman–Crippen MR) is 98.9 cm³/mol. The van der Waals surface area contributed by atoms with E-state index < -0.39 is 6.17 Å². The highest BCUT2D eigenvalue weighted by Gasteiger charge is 2.08. The first-order valence-electron chi connectivity index (χ1n) is 9.13. The van der Waals surface area contributed by atoms with Crippen molar-refractivity contribution in [2.24, 2.45) is 0 Å². The van der Waals surface area contributed by atoms with E-state index in [0.717, 1.165) is 19.5 Å². The summed E-state index contributed by atoms with van der Waals surface area (Å²) in [6, 6.07) is 0. The first-order chi connectivity index (χ1) is 12.2. The molecule has 0 fully saturated rings. The minimum atomic E-state index is -1.20. The summed E-state index contributed by atoms with van der Waals surface area (Å²) in [6.45, 7) is 9.16. The van der Waals surface area contributed by atoms with E-state index in [0.29, 0.717) is 52.7 Å². The van der Waals surface area contributed by atoms with Crippen LogP contribution in [-0.2, 0) is 23.7 Å². The standard InChI is InChI=1S/C17H35FN2O5.2H2/c1-3-5-17(21)20-14-16(18)15-25-13-12-24-11-10-23-9-8-22-7-6-19-4-2;;/h16,19H,3-15H2,1-2H3,(H,20,21);2*1H. The summed E-state index contributed by atoms with van der Waals surface area (Å²) >= 11 is 0. The summed E-state index contributed by atoms with van der Waals surface area (Å²) in [5.74, 6) is -0.128. The van der Waals surface area contributed by atoms with Crippen molar-refractivity contribution in [3.05, 3.63) is 0 Å². The third kappa shape index (κ3) is 19.4. The van der Waals surface area contributed by atoms with Gasteiger partial charge in [-0.3, -0.25) is 4.79 Å². The van der Waals surface area contributed by atoms with Gasteiger partial charge in [-0.2, -0.15) is 0 Å². The van der Waals surface area contributed by atoms with Crippen LogP contribution in [0.3, 0.4) is 0 Å². The molecule has 7 nitrogen and oxygen atoms in total. The highest BCUT2D eigenvalue weighted by molar-refractivity contribution is 5.75. The molecule has 1 amide bonds. The molecule has 0 aliphatic heterocycles. The van der Waals surface area contributed by atoms with Crippen LogP contribution in [0.15, 0.2) is 0 Å². The lowest BCUT2D eigenvalue weighted by Crippen LogP contribution is -2.32. The lowest BCUT2D eigenvalue weighted by molar-refractivity contribution is -0.121. The first kappa shape index (κ1) is 24.2. The van der Waals surface area contributed by atoms with E-state index >= 15 is 0 Å². The maximum atomic E-state index is 13.4. The molecular formula is C17H39FN2O5. The molecule has 2 N–H and O–H groups in total. The molecule has 0 rings (SSSR count). The van der Waals surface area contributed by atoms with Gasteiger partial charge in [-0.05, 0) is 13.0 Å². The average Bonchev–Trinajstić information content (AvgIpc) is 2.60. The number of carbonyl (C=O) groups excluding carboxylic acids is 1. The third-order valence-corrected chi connectivity index (χ3v) is 3.09. The van der Waals surface area contributed by atoms with Gasteiger partial charge in [-0.15, -0.1) is 0 Å². The summed E-state index contributed by atoms with van der Waals surface area (Å²) < 4.78 is 34.6. The molecule has 0 spiro atoms. The monoisotopic (exact) mass is 370 g/mol. The Kier molecular flexibility index (Phi) is 18.9. The summed E-state index contributed by atoms with van der Waals surface area (Å²) in [6.07, 6.45) is -0.0215. The van der Waals surface area contributed by atoms with Gasteiger partial charge in [0.05, 0.1) is 59.4 Å². The van der Waals surface area contributed by atoms with Crippen molar-refractivity contribution in [1.29, 1.82) is 0 Å². The van der Waals surface area contributed by atoms with Crippen LogP contribution in [0.25, 0.3) is 0 Å². The average molecular weight is 371 g/mol. The molecule has 25 heavy (non-hydrogen) atoms. The number of rotatable bonds is 19. The highest BCUT2D eigenvalue weighted by Crippen LogP contribution is 1.93. The number of halogens is 1. The van der Waals surface area contributed by atoms with E-state index in [1.165, 1.54) is 0 Å². The zero-order valence-corrected chi connectivity index (χ0v) is 15.7. The van der Waals surface area contributed by atoms with Crippen LogP contribution in [0.4, 0.5) is 4.39 Å². The van der Waals surface area contributed by atoms with E-state index in [-0.39, 0.29) is 21.9 Å². The Balaban J connectivity index is -0.00000288. The predicted octanol–water partition coefficient (Wildman–Crippen LogP) is 1.41. The molecular weight excluding hydrogens is 331 g/mol. The number of hydrogen-bond acceptors (Lipinski definition) is 6. The first-order valence-corrected chi connectivity index (χ1v) is 9.13. The minimum Gasteiger partial charge on any atom is -0.378 e. The molecule has 0 saturated carbocycles. The molecule has 0 heterocycles. The number of nitrogens with one attached hydrogen (secondary N) is 2. The number of hydrogen-bond donors (Lipinski definition) is 2. The second-order valence-electron chi connectivity index (χ2n) is 5.42. The second-order valence-corrected chi connectivity index (χ2v) is 5.42.